The molecule has 1 saturated heterocycles. The van der Waals surface area contributed by atoms with Gasteiger partial charge in [-0.3, -0.25) is 0 Å². The summed E-state index contributed by atoms with van der Waals surface area (Å²) < 4.78 is 26.1. The molecule has 2 aliphatic heterocycles. The minimum Gasteiger partial charge on any atom is -0.490 e. The van der Waals surface area contributed by atoms with Crippen molar-refractivity contribution in [2.75, 3.05) is 30.5 Å². The number of anilines is 1. The Morgan fingerprint density at radius 3 is 2.77 bits per heavy atom. The average molecular weight is 438 g/mol. The molecule has 1 aromatic heterocycles. The van der Waals surface area contributed by atoms with E-state index in [9.17, 15) is 4.39 Å². The Hall–Kier alpha value is -2.80. The van der Waals surface area contributed by atoms with Gasteiger partial charge in [-0.05, 0) is 53.8 Å². The lowest BCUT2D eigenvalue weighted by atomic mass is 10.0. The van der Waals surface area contributed by atoms with Gasteiger partial charge < -0.3 is 14.4 Å². The quantitative estimate of drug-likeness (QED) is 0.529. The monoisotopic (exact) mass is 437 g/mol. The number of hydrogen-bond donors (Lipinski definition) is 0. The maximum Gasteiger partial charge on any atom is 0.225 e. The van der Waals surface area contributed by atoms with Crippen LogP contribution in [0.3, 0.4) is 0 Å². The molecule has 2 aromatic carbocycles. The largest absolute Gasteiger partial charge is 0.490 e. The molecule has 0 aliphatic carbocycles. The summed E-state index contributed by atoms with van der Waals surface area (Å²) in [5, 5.41) is 0. The van der Waals surface area contributed by atoms with E-state index in [-0.39, 0.29) is 5.82 Å². The number of ether oxygens (including phenoxy) is 2. The van der Waals surface area contributed by atoms with Gasteiger partial charge in [-0.1, -0.05) is 30.8 Å². The normalized spacial score (nSPS) is 17.5. The van der Waals surface area contributed by atoms with Crippen molar-refractivity contribution in [3.8, 4) is 22.6 Å². The van der Waals surface area contributed by atoms with E-state index >= 15 is 0 Å². The first-order chi connectivity index (χ1) is 15.2. The van der Waals surface area contributed by atoms with Crippen LogP contribution in [0.2, 0.25) is 0 Å². The number of rotatable bonds is 6. The first-order valence-corrected chi connectivity index (χ1v) is 11.6. The lowest BCUT2D eigenvalue weighted by molar-refractivity contribution is 0.250. The zero-order valence-corrected chi connectivity index (χ0v) is 18.2. The van der Waals surface area contributed by atoms with Crippen molar-refractivity contribution in [3.05, 3.63) is 60.2 Å². The van der Waals surface area contributed by atoms with Crippen LogP contribution in [0.25, 0.3) is 11.1 Å². The number of aromatic nitrogens is 2. The highest BCUT2D eigenvalue weighted by atomic mass is 32.2. The molecule has 160 valence electrons. The summed E-state index contributed by atoms with van der Waals surface area (Å²) in [6.07, 6.45) is 5.68. The Bertz CT molecular complexity index is 1080. The predicted molar refractivity (Wildman–Crippen MR) is 120 cm³/mol. The summed E-state index contributed by atoms with van der Waals surface area (Å²) in [6.45, 7) is 4.27. The Labute approximate surface area is 185 Å². The Morgan fingerprint density at radius 1 is 1.16 bits per heavy atom. The molecular formula is C24H24FN3O2S. The molecule has 2 aliphatic rings. The van der Waals surface area contributed by atoms with Gasteiger partial charge in [0.15, 0.2) is 11.6 Å². The summed E-state index contributed by atoms with van der Waals surface area (Å²) in [4.78, 5) is 12.2. The van der Waals surface area contributed by atoms with Gasteiger partial charge in [-0.2, -0.15) is 0 Å². The first kappa shape index (κ1) is 20.1. The fourth-order valence-corrected chi connectivity index (χ4v) is 4.66. The number of hydrogen-bond acceptors (Lipinski definition) is 6. The Balaban J connectivity index is 1.20. The van der Waals surface area contributed by atoms with E-state index in [0.717, 1.165) is 59.2 Å². The molecule has 0 saturated carbocycles. The first-order valence-electron chi connectivity index (χ1n) is 10.6. The van der Waals surface area contributed by atoms with Crippen molar-refractivity contribution in [1.29, 1.82) is 0 Å². The van der Waals surface area contributed by atoms with Gasteiger partial charge in [0.25, 0.3) is 0 Å². The second kappa shape index (κ2) is 8.75. The molecule has 7 heteroatoms. The van der Waals surface area contributed by atoms with Gasteiger partial charge in [0.05, 0.1) is 11.5 Å². The number of fused-ring (bicyclic) bond motifs is 1. The second-order valence-electron chi connectivity index (χ2n) is 7.87. The standard InChI is InChI=1S/C24H24FN3O2S/c1-2-16-11-26-24(27-12-16)28-8-7-17(13-28)14-29-21-5-3-18(9-20(21)25)19-4-6-23-22(10-19)30-15-31-23/h3-6,9-12,17H,2,7-8,13-15H2,1H3. The summed E-state index contributed by atoms with van der Waals surface area (Å²) in [5.41, 5.74) is 2.88. The molecule has 31 heavy (non-hydrogen) atoms. The molecule has 5 rings (SSSR count). The summed E-state index contributed by atoms with van der Waals surface area (Å²) in [6, 6.07) is 11.1. The molecule has 1 atom stereocenters. The fraction of sp³-hybridized carbons (Fsp3) is 0.333. The molecule has 3 heterocycles. The van der Waals surface area contributed by atoms with E-state index < -0.39 is 0 Å². The van der Waals surface area contributed by atoms with Crippen LogP contribution in [0.1, 0.15) is 18.9 Å². The lowest BCUT2D eigenvalue weighted by Gasteiger charge is -2.17. The van der Waals surface area contributed by atoms with Crippen LogP contribution < -0.4 is 14.4 Å². The molecule has 5 nitrogen and oxygen atoms in total. The number of nitrogens with zero attached hydrogens (tertiary/aromatic N) is 3. The van der Waals surface area contributed by atoms with Gasteiger partial charge in [-0.15, -0.1) is 0 Å². The van der Waals surface area contributed by atoms with Crippen molar-refractivity contribution in [2.45, 2.75) is 24.7 Å². The van der Waals surface area contributed by atoms with Crippen molar-refractivity contribution in [2.24, 2.45) is 5.92 Å². The minimum atomic E-state index is -0.346. The molecule has 0 bridgehead atoms. The summed E-state index contributed by atoms with van der Waals surface area (Å²) >= 11 is 1.67. The van der Waals surface area contributed by atoms with Crippen molar-refractivity contribution in [3.63, 3.8) is 0 Å². The van der Waals surface area contributed by atoms with Crippen LogP contribution >= 0.6 is 11.8 Å². The van der Waals surface area contributed by atoms with Crippen molar-refractivity contribution >= 4 is 17.7 Å². The average Bonchev–Trinajstić information content (AvgIpc) is 3.47. The minimum absolute atomic E-state index is 0.290. The van der Waals surface area contributed by atoms with Crippen LogP contribution in [0.5, 0.6) is 11.5 Å². The maximum absolute atomic E-state index is 14.7. The smallest absolute Gasteiger partial charge is 0.225 e. The molecule has 3 aromatic rings. The van der Waals surface area contributed by atoms with Gasteiger partial charge >= 0.3 is 0 Å². The van der Waals surface area contributed by atoms with Crippen molar-refractivity contribution in [1.82, 2.24) is 9.97 Å². The third kappa shape index (κ3) is 4.32. The second-order valence-corrected chi connectivity index (χ2v) is 8.83. The zero-order chi connectivity index (χ0) is 21.2. The highest BCUT2D eigenvalue weighted by molar-refractivity contribution is 7.99. The lowest BCUT2D eigenvalue weighted by Crippen LogP contribution is -2.23. The van der Waals surface area contributed by atoms with E-state index in [1.807, 2.05) is 36.7 Å². The topological polar surface area (TPSA) is 47.5 Å². The molecule has 1 unspecified atom stereocenters. The molecular weight excluding hydrogens is 413 g/mol. The van der Waals surface area contributed by atoms with E-state index in [4.69, 9.17) is 9.47 Å². The van der Waals surface area contributed by atoms with Crippen molar-refractivity contribution < 1.29 is 13.9 Å². The fourth-order valence-electron chi connectivity index (χ4n) is 3.93. The third-order valence-electron chi connectivity index (χ3n) is 5.78. The van der Waals surface area contributed by atoms with Gasteiger partial charge in [0.2, 0.25) is 5.95 Å². The Morgan fingerprint density at radius 2 is 1.97 bits per heavy atom. The Kier molecular flexibility index (Phi) is 5.68. The predicted octanol–water partition coefficient (Wildman–Crippen LogP) is 5.19. The third-order valence-corrected chi connectivity index (χ3v) is 6.66. The molecule has 1 fully saturated rings. The summed E-state index contributed by atoms with van der Waals surface area (Å²) in [5.74, 6) is 2.52. The number of halogens is 1. The maximum atomic E-state index is 14.7. The zero-order valence-electron chi connectivity index (χ0n) is 17.4. The van der Waals surface area contributed by atoms with Gasteiger partial charge in [0, 0.05) is 31.4 Å². The highest BCUT2D eigenvalue weighted by Gasteiger charge is 2.25. The van der Waals surface area contributed by atoms with Crippen LogP contribution in [-0.2, 0) is 6.42 Å². The number of benzene rings is 2. The highest BCUT2D eigenvalue weighted by Crippen LogP contribution is 2.39. The van der Waals surface area contributed by atoms with Crippen LogP contribution in [0.15, 0.2) is 53.7 Å². The SMILES string of the molecule is CCc1cnc(N2CCC(COc3ccc(-c4ccc5c(c4)OCS5)cc3F)C2)nc1. The molecule has 0 N–H and O–H groups in total. The number of thioether (sulfide) groups is 1. The molecule has 0 radical (unpaired) electrons. The molecule has 0 spiro atoms. The van der Waals surface area contributed by atoms with Crippen LogP contribution in [0, 0.1) is 11.7 Å². The summed E-state index contributed by atoms with van der Waals surface area (Å²) in [7, 11) is 0. The van der Waals surface area contributed by atoms with E-state index in [1.54, 1.807) is 17.8 Å². The number of aryl methyl sites for hydroxylation is 1. The molecule has 0 amide bonds. The van der Waals surface area contributed by atoms with Crippen LogP contribution in [-0.4, -0.2) is 35.6 Å². The van der Waals surface area contributed by atoms with E-state index in [0.29, 0.717) is 24.2 Å². The van der Waals surface area contributed by atoms with E-state index in [1.165, 1.54) is 6.07 Å². The van der Waals surface area contributed by atoms with E-state index in [2.05, 4.69) is 21.8 Å². The van der Waals surface area contributed by atoms with Gasteiger partial charge in [0.1, 0.15) is 11.7 Å². The van der Waals surface area contributed by atoms with Crippen LogP contribution in [0.4, 0.5) is 10.3 Å². The van der Waals surface area contributed by atoms with Gasteiger partial charge in [-0.25, -0.2) is 14.4 Å².